The lowest BCUT2D eigenvalue weighted by Crippen LogP contribution is -2.35. The van der Waals surface area contributed by atoms with Crippen molar-refractivity contribution in [1.29, 1.82) is 0 Å². The molecule has 1 aromatic carbocycles. The van der Waals surface area contributed by atoms with Crippen molar-refractivity contribution in [1.82, 2.24) is 0 Å². The summed E-state index contributed by atoms with van der Waals surface area (Å²) in [5.74, 6) is -1.25. The van der Waals surface area contributed by atoms with Crippen molar-refractivity contribution < 1.29 is 18.7 Å². The summed E-state index contributed by atoms with van der Waals surface area (Å²) in [4.78, 5) is 24.4. The van der Waals surface area contributed by atoms with Crippen LogP contribution in [0.15, 0.2) is 18.2 Å². The summed E-state index contributed by atoms with van der Waals surface area (Å²) in [6, 6.07) is 4.01. The molecular formula is C13H14FNO3. The van der Waals surface area contributed by atoms with Crippen molar-refractivity contribution in [3.05, 3.63) is 29.6 Å². The van der Waals surface area contributed by atoms with Crippen LogP contribution in [-0.2, 0) is 9.53 Å². The Labute approximate surface area is 104 Å². The van der Waals surface area contributed by atoms with Gasteiger partial charge in [-0.3, -0.25) is 4.79 Å². The molecule has 0 N–H and O–H groups in total. The molecule has 1 aliphatic heterocycles. The minimum atomic E-state index is -0.592. The van der Waals surface area contributed by atoms with Crippen molar-refractivity contribution in [3.8, 4) is 0 Å². The highest BCUT2D eigenvalue weighted by Gasteiger charge is 2.22. The Morgan fingerprint density at radius 2 is 2.17 bits per heavy atom. The molecule has 0 aromatic heterocycles. The van der Waals surface area contributed by atoms with E-state index >= 15 is 0 Å². The fourth-order valence-electron chi connectivity index (χ4n) is 2.03. The number of nitrogens with zero attached hydrogens (tertiary/aromatic N) is 1. The van der Waals surface area contributed by atoms with Crippen LogP contribution < -0.4 is 4.90 Å². The highest BCUT2D eigenvalue weighted by atomic mass is 19.1. The molecular weight excluding hydrogens is 237 g/mol. The second-order valence-corrected chi connectivity index (χ2v) is 4.16. The molecule has 5 heteroatoms. The van der Waals surface area contributed by atoms with Gasteiger partial charge in [0.1, 0.15) is 5.82 Å². The fourth-order valence-corrected chi connectivity index (χ4v) is 2.03. The molecule has 0 atom stereocenters. The quantitative estimate of drug-likeness (QED) is 0.756. The van der Waals surface area contributed by atoms with Crippen LogP contribution >= 0.6 is 0 Å². The first-order valence-corrected chi connectivity index (χ1v) is 5.81. The molecule has 18 heavy (non-hydrogen) atoms. The van der Waals surface area contributed by atoms with Gasteiger partial charge in [0.25, 0.3) is 0 Å². The molecule has 1 fully saturated rings. The van der Waals surface area contributed by atoms with Gasteiger partial charge in [0.15, 0.2) is 0 Å². The molecule has 2 rings (SSSR count). The molecule has 1 aliphatic rings. The lowest BCUT2D eigenvalue weighted by Gasteiger charge is -2.27. The number of carbonyl (C=O) groups excluding carboxylic acids is 2. The Hall–Kier alpha value is -1.91. The molecule has 1 amide bonds. The van der Waals surface area contributed by atoms with E-state index in [1.165, 1.54) is 24.1 Å². The van der Waals surface area contributed by atoms with Gasteiger partial charge in [0.05, 0.1) is 18.4 Å². The van der Waals surface area contributed by atoms with E-state index in [4.69, 9.17) is 0 Å². The third-order valence-electron chi connectivity index (χ3n) is 2.98. The highest BCUT2D eigenvalue weighted by molar-refractivity contribution is 5.95. The first-order chi connectivity index (χ1) is 8.63. The Kier molecular flexibility index (Phi) is 3.60. The normalized spacial score (nSPS) is 15.7. The van der Waals surface area contributed by atoms with Gasteiger partial charge in [0.2, 0.25) is 5.91 Å². The number of halogens is 1. The van der Waals surface area contributed by atoms with Gasteiger partial charge in [-0.05, 0) is 31.0 Å². The summed E-state index contributed by atoms with van der Waals surface area (Å²) in [6.07, 6.45) is 2.15. The van der Waals surface area contributed by atoms with Crippen molar-refractivity contribution >= 4 is 17.6 Å². The number of hydrogen-bond donors (Lipinski definition) is 0. The maximum Gasteiger partial charge on any atom is 0.337 e. The van der Waals surface area contributed by atoms with Gasteiger partial charge in [0, 0.05) is 13.0 Å². The van der Waals surface area contributed by atoms with Crippen molar-refractivity contribution in [2.24, 2.45) is 0 Å². The average molecular weight is 251 g/mol. The largest absolute Gasteiger partial charge is 0.465 e. The van der Waals surface area contributed by atoms with Crippen LogP contribution in [0.3, 0.4) is 0 Å². The second kappa shape index (κ2) is 5.16. The van der Waals surface area contributed by atoms with E-state index in [9.17, 15) is 14.0 Å². The number of amides is 1. The Balaban J connectivity index is 2.29. The summed E-state index contributed by atoms with van der Waals surface area (Å²) in [7, 11) is 1.24. The van der Waals surface area contributed by atoms with E-state index in [0.29, 0.717) is 13.0 Å². The molecule has 0 spiro atoms. The number of hydrogen-bond acceptors (Lipinski definition) is 3. The number of carbonyl (C=O) groups is 2. The number of methoxy groups -OCH3 is 1. The SMILES string of the molecule is COC(=O)c1ccc(N2CCCCC2=O)c(F)c1. The third kappa shape index (κ3) is 2.34. The van der Waals surface area contributed by atoms with Crippen LogP contribution in [-0.4, -0.2) is 25.5 Å². The number of ether oxygens (including phenoxy) is 1. The summed E-state index contributed by atoms with van der Waals surface area (Å²) < 4.78 is 18.4. The average Bonchev–Trinajstić information content (AvgIpc) is 2.39. The van der Waals surface area contributed by atoms with Crippen LogP contribution in [0.5, 0.6) is 0 Å². The van der Waals surface area contributed by atoms with E-state index < -0.39 is 11.8 Å². The van der Waals surface area contributed by atoms with Gasteiger partial charge in [-0.25, -0.2) is 9.18 Å². The maximum atomic E-state index is 13.9. The standard InChI is InChI=1S/C13H14FNO3/c1-18-13(17)9-5-6-11(10(14)8-9)15-7-3-2-4-12(15)16/h5-6,8H,2-4,7H2,1H3. The van der Waals surface area contributed by atoms with Gasteiger partial charge in [-0.2, -0.15) is 0 Å². The topological polar surface area (TPSA) is 46.6 Å². The monoisotopic (exact) mass is 251 g/mol. The van der Waals surface area contributed by atoms with Crippen LogP contribution in [0.4, 0.5) is 10.1 Å². The Bertz CT molecular complexity index is 487. The molecule has 1 heterocycles. The Morgan fingerprint density at radius 1 is 1.39 bits per heavy atom. The minimum Gasteiger partial charge on any atom is -0.465 e. The van der Waals surface area contributed by atoms with Crippen molar-refractivity contribution in [2.75, 3.05) is 18.6 Å². The lowest BCUT2D eigenvalue weighted by atomic mass is 10.1. The van der Waals surface area contributed by atoms with E-state index in [2.05, 4.69) is 4.74 Å². The zero-order chi connectivity index (χ0) is 13.1. The number of benzene rings is 1. The van der Waals surface area contributed by atoms with E-state index in [1.54, 1.807) is 0 Å². The molecule has 0 unspecified atom stereocenters. The first kappa shape index (κ1) is 12.5. The first-order valence-electron chi connectivity index (χ1n) is 5.81. The smallest absolute Gasteiger partial charge is 0.337 e. The maximum absolute atomic E-state index is 13.9. The molecule has 0 saturated carbocycles. The van der Waals surface area contributed by atoms with Crippen LogP contribution in [0, 0.1) is 5.82 Å². The number of esters is 1. The van der Waals surface area contributed by atoms with E-state index in [-0.39, 0.29) is 17.2 Å². The predicted octanol–water partition coefficient (Wildman–Crippen LogP) is 2.13. The lowest BCUT2D eigenvalue weighted by molar-refractivity contribution is -0.119. The highest BCUT2D eigenvalue weighted by Crippen LogP contribution is 2.25. The molecule has 1 saturated heterocycles. The van der Waals surface area contributed by atoms with Crippen LogP contribution in [0.1, 0.15) is 29.6 Å². The molecule has 1 aromatic rings. The minimum absolute atomic E-state index is 0.0778. The van der Waals surface area contributed by atoms with Gasteiger partial charge >= 0.3 is 5.97 Å². The van der Waals surface area contributed by atoms with Crippen LogP contribution in [0.25, 0.3) is 0 Å². The number of rotatable bonds is 2. The molecule has 0 aliphatic carbocycles. The van der Waals surface area contributed by atoms with Gasteiger partial charge in [-0.15, -0.1) is 0 Å². The summed E-state index contributed by atoms with van der Waals surface area (Å²) in [5.41, 5.74) is 0.371. The summed E-state index contributed by atoms with van der Waals surface area (Å²) in [5, 5.41) is 0. The van der Waals surface area contributed by atoms with Gasteiger partial charge < -0.3 is 9.64 Å². The summed E-state index contributed by atoms with van der Waals surface area (Å²) in [6.45, 7) is 0.521. The molecule has 0 radical (unpaired) electrons. The third-order valence-corrected chi connectivity index (χ3v) is 2.98. The van der Waals surface area contributed by atoms with Crippen molar-refractivity contribution in [2.45, 2.75) is 19.3 Å². The van der Waals surface area contributed by atoms with Crippen LogP contribution in [0.2, 0.25) is 0 Å². The van der Waals surface area contributed by atoms with Gasteiger partial charge in [-0.1, -0.05) is 0 Å². The second-order valence-electron chi connectivity index (χ2n) is 4.16. The molecule has 0 bridgehead atoms. The number of piperidine rings is 1. The predicted molar refractivity (Wildman–Crippen MR) is 63.9 cm³/mol. The zero-order valence-corrected chi connectivity index (χ0v) is 10.1. The van der Waals surface area contributed by atoms with Crippen molar-refractivity contribution in [3.63, 3.8) is 0 Å². The number of anilines is 1. The molecule has 96 valence electrons. The zero-order valence-electron chi connectivity index (χ0n) is 10.1. The van der Waals surface area contributed by atoms with E-state index in [1.807, 2.05) is 0 Å². The Morgan fingerprint density at radius 3 is 2.78 bits per heavy atom. The summed E-state index contributed by atoms with van der Waals surface area (Å²) >= 11 is 0. The van der Waals surface area contributed by atoms with E-state index in [0.717, 1.165) is 18.9 Å². The fraction of sp³-hybridized carbons (Fsp3) is 0.385. The molecule has 4 nitrogen and oxygen atoms in total.